The Balaban J connectivity index is 1.64. The monoisotopic (exact) mass is 431 g/mol. The Morgan fingerprint density at radius 1 is 1.03 bits per heavy atom. The number of thiazole rings is 1. The van der Waals surface area contributed by atoms with E-state index < -0.39 is 0 Å². The van der Waals surface area contributed by atoms with Gasteiger partial charge < -0.3 is 19.3 Å². The number of piperazine rings is 1. The Bertz CT molecular complexity index is 917. The van der Waals surface area contributed by atoms with Crippen LogP contribution in [0.2, 0.25) is 0 Å². The zero-order valence-corrected chi connectivity index (χ0v) is 19.0. The van der Waals surface area contributed by atoms with Gasteiger partial charge in [0.25, 0.3) is 11.8 Å². The van der Waals surface area contributed by atoms with Crippen LogP contribution in [0.1, 0.15) is 44.6 Å². The first-order valence-electron chi connectivity index (χ1n) is 10.1. The predicted octanol–water partition coefficient (Wildman–Crippen LogP) is 3.27. The highest BCUT2D eigenvalue weighted by molar-refractivity contribution is 7.13. The number of aromatic nitrogens is 1. The predicted molar refractivity (Wildman–Crippen MR) is 117 cm³/mol. The molecule has 8 heteroatoms. The number of carbonyl (C=O) groups is 2. The molecule has 2 aromatic rings. The molecule has 1 saturated heterocycles. The van der Waals surface area contributed by atoms with Gasteiger partial charge in [-0.25, -0.2) is 4.98 Å². The SMILES string of the molecule is COc1ccc(C(=O)N2CCN(C(=O)c3sc(CC(C)C)nc3C)CC2)cc1OC. The molecule has 1 aliphatic rings. The van der Waals surface area contributed by atoms with Crippen molar-refractivity contribution in [2.24, 2.45) is 5.92 Å². The van der Waals surface area contributed by atoms with E-state index in [0.717, 1.165) is 17.1 Å². The molecule has 0 radical (unpaired) electrons. The molecule has 0 unspecified atom stereocenters. The third kappa shape index (κ3) is 4.75. The van der Waals surface area contributed by atoms with Gasteiger partial charge in [-0.1, -0.05) is 13.8 Å². The first-order chi connectivity index (χ1) is 14.3. The Labute approximate surface area is 181 Å². The van der Waals surface area contributed by atoms with Gasteiger partial charge in [-0.2, -0.15) is 0 Å². The summed E-state index contributed by atoms with van der Waals surface area (Å²) in [6, 6.07) is 5.15. The molecule has 0 spiro atoms. The molecule has 7 nitrogen and oxygen atoms in total. The lowest BCUT2D eigenvalue weighted by atomic mass is 10.1. The third-order valence-corrected chi connectivity index (χ3v) is 6.27. The lowest BCUT2D eigenvalue weighted by Crippen LogP contribution is -2.50. The van der Waals surface area contributed by atoms with Crippen molar-refractivity contribution in [3.05, 3.63) is 39.3 Å². The number of hydrogen-bond donors (Lipinski definition) is 0. The standard InChI is InChI=1S/C22H29N3O4S/c1-14(2)12-19-23-15(3)20(30-19)22(27)25-10-8-24(9-11-25)21(26)16-6-7-17(28-4)18(13-16)29-5/h6-7,13-14H,8-12H2,1-5H3. The number of ether oxygens (including phenoxy) is 2. The summed E-state index contributed by atoms with van der Waals surface area (Å²) in [5, 5.41) is 1.01. The number of methoxy groups -OCH3 is 2. The summed E-state index contributed by atoms with van der Waals surface area (Å²) in [7, 11) is 3.11. The highest BCUT2D eigenvalue weighted by Gasteiger charge is 2.28. The zero-order valence-electron chi connectivity index (χ0n) is 18.2. The van der Waals surface area contributed by atoms with Crippen LogP contribution in [-0.2, 0) is 6.42 Å². The summed E-state index contributed by atoms with van der Waals surface area (Å²) in [6.45, 7) is 8.19. The van der Waals surface area contributed by atoms with E-state index in [4.69, 9.17) is 9.47 Å². The van der Waals surface area contributed by atoms with Gasteiger partial charge in [-0.05, 0) is 31.0 Å². The van der Waals surface area contributed by atoms with Gasteiger partial charge in [-0.3, -0.25) is 9.59 Å². The van der Waals surface area contributed by atoms with Crippen LogP contribution in [0, 0.1) is 12.8 Å². The van der Waals surface area contributed by atoms with E-state index in [1.807, 2.05) is 11.8 Å². The number of aryl methyl sites for hydroxylation is 1. The van der Waals surface area contributed by atoms with Crippen molar-refractivity contribution in [3.63, 3.8) is 0 Å². The topological polar surface area (TPSA) is 72.0 Å². The average molecular weight is 432 g/mol. The fourth-order valence-corrected chi connectivity index (χ4v) is 4.74. The van der Waals surface area contributed by atoms with Gasteiger partial charge in [0.15, 0.2) is 11.5 Å². The van der Waals surface area contributed by atoms with Crippen LogP contribution >= 0.6 is 11.3 Å². The van der Waals surface area contributed by atoms with Crippen molar-refractivity contribution >= 4 is 23.2 Å². The summed E-state index contributed by atoms with van der Waals surface area (Å²) in [6.07, 6.45) is 0.881. The first-order valence-corrected chi connectivity index (χ1v) is 10.9. The molecular weight excluding hydrogens is 402 g/mol. The van der Waals surface area contributed by atoms with Gasteiger partial charge >= 0.3 is 0 Å². The van der Waals surface area contributed by atoms with Crippen LogP contribution in [0.4, 0.5) is 0 Å². The maximum absolute atomic E-state index is 13.0. The van der Waals surface area contributed by atoms with E-state index in [2.05, 4.69) is 18.8 Å². The molecule has 0 bridgehead atoms. The van der Waals surface area contributed by atoms with Gasteiger partial charge in [-0.15, -0.1) is 11.3 Å². The minimum atomic E-state index is -0.0729. The van der Waals surface area contributed by atoms with E-state index >= 15 is 0 Å². The van der Waals surface area contributed by atoms with Crippen molar-refractivity contribution < 1.29 is 19.1 Å². The molecule has 1 aliphatic heterocycles. The fourth-order valence-electron chi connectivity index (χ4n) is 3.50. The molecule has 1 aromatic heterocycles. The van der Waals surface area contributed by atoms with Crippen LogP contribution in [0.25, 0.3) is 0 Å². The number of benzene rings is 1. The minimum absolute atomic E-state index is 0.0122. The first kappa shape index (κ1) is 22.1. The second-order valence-electron chi connectivity index (χ2n) is 7.77. The summed E-state index contributed by atoms with van der Waals surface area (Å²) in [5.41, 5.74) is 1.34. The highest BCUT2D eigenvalue weighted by Crippen LogP contribution is 2.28. The minimum Gasteiger partial charge on any atom is -0.493 e. The molecule has 0 aliphatic carbocycles. The molecule has 0 saturated carbocycles. The van der Waals surface area contributed by atoms with Gasteiger partial charge in [0.1, 0.15) is 4.88 Å². The number of rotatable bonds is 6. The molecule has 2 amide bonds. The van der Waals surface area contributed by atoms with E-state index in [1.165, 1.54) is 11.3 Å². The lowest BCUT2D eigenvalue weighted by Gasteiger charge is -2.34. The Hall–Kier alpha value is -2.61. The molecule has 30 heavy (non-hydrogen) atoms. The highest BCUT2D eigenvalue weighted by atomic mass is 32.1. The summed E-state index contributed by atoms with van der Waals surface area (Å²) in [4.78, 5) is 34.7. The maximum atomic E-state index is 13.0. The van der Waals surface area contributed by atoms with Crippen LogP contribution in [0.5, 0.6) is 11.5 Å². The largest absolute Gasteiger partial charge is 0.493 e. The molecule has 1 aromatic carbocycles. The van der Waals surface area contributed by atoms with E-state index in [1.54, 1.807) is 37.3 Å². The summed E-state index contributed by atoms with van der Waals surface area (Å²) in [5.74, 6) is 1.55. The second kappa shape index (κ2) is 9.47. The van der Waals surface area contributed by atoms with Crippen molar-refractivity contribution in [2.45, 2.75) is 27.2 Å². The van der Waals surface area contributed by atoms with Crippen LogP contribution in [-0.4, -0.2) is 67.0 Å². The normalized spacial score (nSPS) is 14.2. The zero-order chi connectivity index (χ0) is 21.8. The summed E-state index contributed by atoms with van der Waals surface area (Å²) >= 11 is 1.49. The fraction of sp³-hybridized carbons (Fsp3) is 0.500. The number of nitrogens with zero attached hydrogens (tertiary/aromatic N) is 3. The maximum Gasteiger partial charge on any atom is 0.265 e. The smallest absolute Gasteiger partial charge is 0.265 e. The van der Waals surface area contributed by atoms with Gasteiger partial charge in [0, 0.05) is 38.2 Å². The number of hydrogen-bond acceptors (Lipinski definition) is 6. The van der Waals surface area contributed by atoms with Crippen LogP contribution < -0.4 is 9.47 Å². The third-order valence-electron chi connectivity index (χ3n) is 5.10. The van der Waals surface area contributed by atoms with Crippen molar-refractivity contribution in [1.82, 2.24) is 14.8 Å². The van der Waals surface area contributed by atoms with Crippen molar-refractivity contribution in [1.29, 1.82) is 0 Å². The lowest BCUT2D eigenvalue weighted by molar-refractivity contribution is 0.0537. The van der Waals surface area contributed by atoms with E-state index in [0.29, 0.717) is 54.0 Å². The number of carbonyl (C=O) groups excluding carboxylic acids is 2. The Morgan fingerprint density at radius 2 is 1.63 bits per heavy atom. The average Bonchev–Trinajstić information content (AvgIpc) is 3.11. The second-order valence-corrected chi connectivity index (χ2v) is 8.86. The van der Waals surface area contributed by atoms with E-state index in [-0.39, 0.29) is 11.8 Å². The van der Waals surface area contributed by atoms with Crippen LogP contribution in [0.15, 0.2) is 18.2 Å². The quantitative estimate of drug-likeness (QED) is 0.702. The number of amides is 2. The van der Waals surface area contributed by atoms with E-state index in [9.17, 15) is 9.59 Å². The molecule has 0 atom stereocenters. The van der Waals surface area contributed by atoms with Gasteiger partial charge in [0.05, 0.1) is 24.9 Å². The molecule has 0 N–H and O–H groups in total. The van der Waals surface area contributed by atoms with Crippen molar-refractivity contribution in [2.75, 3.05) is 40.4 Å². The molecule has 2 heterocycles. The molecule has 3 rings (SSSR count). The van der Waals surface area contributed by atoms with Gasteiger partial charge in [0.2, 0.25) is 0 Å². The molecular formula is C22H29N3O4S. The molecule has 1 fully saturated rings. The summed E-state index contributed by atoms with van der Waals surface area (Å²) < 4.78 is 10.5. The van der Waals surface area contributed by atoms with Crippen LogP contribution in [0.3, 0.4) is 0 Å². The molecule has 162 valence electrons. The Morgan fingerprint density at radius 3 is 2.20 bits per heavy atom. The Kier molecular flexibility index (Phi) is 6.97. The van der Waals surface area contributed by atoms with Crippen molar-refractivity contribution in [3.8, 4) is 11.5 Å².